The monoisotopic (exact) mass is 294 g/mol. The Bertz CT molecular complexity index is 434. The molecule has 1 aromatic rings. The minimum Gasteiger partial charge on any atom is -0.492 e. The maximum absolute atomic E-state index is 5.58. The highest BCUT2D eigenvalue weighted by molar-refractivity contribution is 7.80. The molecule has 1 aromatic carbocycles. The van der Waals surface area contributed by atoms with Gasteiger partial charge < -0.3 is 20.1 Å². The van der Waals surface area contributed by atoms with Gasteiger partial charge in [0, 0.05) is 13.2 Å². The van der Waals surface area contributed by atoms with Crippen LogP contribution in [0.2, 0.25) is 0 Å². The second-order valence-electron chi connectivity index (χ2n) is 4.73. The van der Waals surface area contributed by atoms with Gasteiger partial charge in [0.05, 0.1) is 18.4 Å². The molecular formula is C15H22N2O2S. The van der Waals surface area contributed by atoms with Crippen LogP contribution >= 0.6 is 12.2 Å². The first-order chi connectivity index (χ1) is 9.79. The second kappa shape index (κ2) is 8.07. The summed E-state index contributed by atoms with van der Waals surface area (Å²) in [6, 6.07) is 7.80. The highest BCUT2D eigenvalue weighted by Crippen LogP contribution is 2.23. The van der Waals surface area contributed by atoms with Gasteiger partial charge in [0.15, 0.2) is 5.11 Å². The minimum atomic E-state index is 0.390. The molecule has 2 N–H and O–H groups in total. The number of nitrogens with one attached hydrogen (secondary N) is 2. The molecule has 4 nitrogen and oxygen atoms in total. The van der Waals surface area contributed by atoms with Crippen molar-refractivity contribution < 1.29 is 9.47 Å². The number of hydrogen-bond donors (Lipinski definition) is 2. The van der Waals surface area contributed by atoms with Crippen LogP contribution in [0.1, 0.15) is 26.2 Å². The van der Waals surface area contributed by atoms with Crippen molar-refractivity contribution in [2.45, 2.75) is 32.3 Å². The van der Waals surface area contributed by atoms with Crippen molar-refractivity contribution in [1.82, 2.24) is 5.32 Å². The quantitative estimate of drug-likeness (QED) is 0.790. The number of benzene rings is 1. The lowest BCUT2D eigenvalue weighted by Crippen LogP contribution is -2.31. The summed E-state index contributed by atoms with van der Waals surface area (Å²) in [5, 5.41) is 7.01. The zero-order valence-corrected chi connectivity index (χ0v) is 12.7. The highest BCUT2D eigenvalue weighted by atomic mass is 32.1. The van der Waals surface area contributed by atoms with E-state index in [1.165, 1.54) is 6.42 Å². The van der Waals surface area contributed by atoms with Crippen LogP contribution in [-0.2, 0) is 4.74 Å². The molecule has 1 heterocycles. The summed E-state index contributed by atoms with van der Waals surface area (Å²) in [4.78, 5) is 0. The molecular weight excluding hydrogens is 272 g/mol. The molecule has 1 aliphatic rings. The van der Waals surface area contributed by atoms with E-state index in [1.54, 1.807) is 0 Å². The maximum Gasteiger partial charge on any atom is 0.170 e. The fourth-order valence-corrected chi connectivity index (χ4v) is 2.45. The van der Waals surface area contributed by atoms with Crippen LogP contribution in [0.4, 0.5) is 5.69 Å². The van der Waals surface area contributed by atoms with E-state index >= 15 is 0 Å². The molecule has 1 saturated heterocycles. The van der Waals surface area contributed by atoms with Crippen LogP contribution in [0.15, 0.2) is 24.3 Å². The summed E-state index contributed by atoms with van der Waals surface area (Å²) in [6.45, 7) is 4.33. The van der Waals surface area contributed by atoms with Gasteiger partial charge >= 0.3 is 0 Å². The number of anilines is 1. The van der Waals surface area contributed by atoms with Crippen LogP contribution in [0, 0.1) is 0 Å². The van der Waals surface area contributed by atoms with E-state index < -0.39 is 0 Å². The number of para-hydroxylation sites is 2. The zero-order valence-electron chi connectivity index (χ0n) is 11.9. The predicted molar refractivity (Wildman–Crippen MR) is 85.4 cm³/mol. The summed E-state index contributed by atoms with van der Waals surface area (Å²) in [6.07, 6.45) is 3.72. The van der Waals surface area contributed by atoms with Crippen molar-refractivity contribution in [3.63, 3.8) is 0 Å². The van der Waals surface area contributed by atoms with Crippen LogP contribution in [-0.4, -0.2) is 31.0 Å². The molecule has 0 spiro atoms. The van der Waals surface area contributed by atoms with Gasteiger partial charge in [-0.15, -0.1) is 0 Å². The molecule has 1 unspecified atom stereocenters. The first-order valence-corrected chi connectivity index (χ1v) is 7.58. The third kappa shape index (κ3) is 4.65. The van der Waals surface area contributed by atoms with Crippen LogP contribution in [0.25, 0.3) is 0 Å². The number of thiocarbonyl (C=S) groups is 1. The lowest BCUT2D eigenvalue weighted by Gasteiger charge is -2.15. The molecule has 1 atom stereocenters. The fraction of sp³-hybridized carbons (Fsp3) is 0.533. The molecule has 1 aliphatic heterocycles. The third-order valence-corrected chi connectivity index (χ3v) is 3.46. The van der Waals surface area contributed by atoms with E-state index in [9.17, 15) is 0 Å². The average Bonchev–Trinajstić information content (AvgIpc) is 2.94. The Hall–Kier alpha value is -1.33. The number of rotatable bonds is 6. The predicted octanol–water partition coefficient (Wildman–Crippen LogP) is 2.94. The second-order valence-corrected chi connectivity index (χ2v) is 5.14. The van der Waals surface area contributed by atoms with E-state index in [0.29, 0.717) is 17.8 Å². The average molecular weight is 294 g/mol. The van der Waals surface area contributed by atoms with Gasteiger partial charge in [0.2, 0.25) is 0 Å². The lowest BCUT2D eigenvalue weighted by atomic mass is 10.2. The molecule has 110 valence electrons. The van der Waals surface area contributed by atoms with Gasteiger partial charge in [0.1, 0.15) is 5.75 Å². The van der Waals surface area contributed by atoms with Crippen molar-refractivity contribution in [2.75, 3.05) is 25.1 Å². The molecule has 0 aliphatic carbocycles. The first kappa shape index (κ1) is 15.1. The molecule has 0 aromatic heterocycles. The Kier molecular flexibility index (Phi) is 6.08. The smallest absolute Gasteiger partial charge is 0.170 e. The Morgan fingerprint density at radius 1 is 1.45 bits per heavy atom. The van der Waals surface area contributed by atoms with Gasteiger partial charge in [-0.2, -0.15) is 0 Å². The van der Waals surface area contributed by atoms with E-state index in [-0.39, 0.29) is 0 Å². The summed E-state index contributed by atoms with van der Waals surface area (Å²) in [5.74, 6) is 0.818. The number of ether oxygens (including phenoxy) is 2. The Balaban J connectivity index is 1.75. The summed E-state index contributed by atoms with van der Waals surface area (Å²) >= 11 is 5.30. The summed E-state index contributed by atoms with van der Waals surface area (Å²) in [5.41, 5.74) is 0.893. The Labute approximate surface area is 125 Å². The van der Waals surface area contributed by atoms with Gasteiger partial charge in [0.25, 0.3) is 0 Å². The van der Waals surface area contributed by atoms with Gasteiger partial charge in [-0.25, -0.2) is 0 Å². The molecule has 2 rings (SSSR count). The SMILES string of the molecule is CCOc1ccccc1NC(=S)NCCC1CCCO1. The topological polar surface area (TPSA) is 42.5 Å². The van der Waals surface area contributed by atoms with Crippen LogP contribution < -0.4 is 15.4 Å². The van der Waals surface area contributed by atoms with Crippen LogP contribution in [0.3, 0.4) is 0 Å². The molecule has 0 amide bonds. The summed E-state index contributed by atoms with van der Waals surface area (Å²) in [7, 11) is 0. The largest absolute Gasteiger partial charge is 0.492 e. The van der Waals surface area contributed by atoms with Crippen molar-refractivity contribution in [3.8, 4) is 5.75 Å². The van der Waals surface area contributed by atoms with Crippen molar-refractivity contribution in [1.29, 1.82) is 0 Å². The van der Waals surface area contributed by atoms with Crippen molar-refractivity contribution in [3.05, 3.63) is 24.3 Å². The van der Waals surface area contributed by atoms with Crippen molar-refractivity contribution in [2.24, 2.45) is 0 Å². The molecule has 20 heavy (non-hydrogen) atoms. The molecule has 0 saturated carbocycles. The molecule has 1 fully saturated rings. The van der Waals surface area contributed by atoms with E-state index in [1.807, 2.05) is 31.2 Å². The zero-order chi connectivity index (χ0) is 14.2. The number of hydrogen-bond acceptors (Lipinski definition) is 3. The summed E-state index contributed by atoms with van der Waals surface area (Å²) < 4.78 is 11.1. The highest BCUT2D eigenvalue weighted by Gasteiger charge is 2.14. The fourth-order valence-electron chi connectivity index (χ4n) is 2.24. The Morgan fingerprint density at radius 2 is 2.30 bits per heavy atom. The third-order valence-electron chi connectivity index (χ3n) is 3.21. The lowest BCUT2D eigenvalue weighted by molar-refractivity contribution is 0.105. The van der Waals surface area contributed by atoms with Crippen LogP contribution in [0.5, 0.6) is 5.75 Å². The van der Waals surface area contributed by atoms with Gasteiger partial charge in [-0.3, -0.25) is 0 Å². The standard InChI is InChI=1S/C15H22N2O2S/c1-2-18-14-8-4-3-7-13(14)17-15(20)16-10-9-12-6-5-11-19-12/h3-4,7-8,12H,2,5-6,9-11H2,1H3,(H2,16,17,20). The Morgan fingerprint density at radius 3 is 3.05 bits per heavy atom. The minimum absolute atomic E-state index is 0.390. The van der Waals surface area contributed by atoms with E-state index in [0.717, 1.165) is 37.4 Å². The van der Waals surface area contributed by atoms with E-state index in [4.69, 9.17) is 21.7 Å². The molecule has 5 heteroatoms. The van der Waals surface area contributed by atoms with Gasteiger partial charge in [-0.1, -0.05) is 12.1 Å². The van der Waals surface area contributed by atoms with Gasteiger partial charge in [-0.05, 0) is 50.5 Å². The molecule has 0 bridgehead atoms. The first-order valence-electron chi connectivity index (χ1n) is 7.18. The molecule has 0 radical (unpaired) electrons. The van der Waals surface area contributed by atoms with E-state index in [2.05, 4.69) is 10.6 Å². The maximum atomic E-state index is 5.58. The normalized spacial score (nSPS) is 17.8. The van der Waals surface area contributed by atoms with Crippen molar-refractivity contribution >= 4 is 23.0 Å².